The number of benzene rings is 1. The molecule has 1 aromatic rings. The molecule has 1 atom stereocenters. The van der Waals surface area contributed by atoms with Crippen molar-refractivity contribution in [2.45, 2.75) is 18.9 Å². The van der Waals surface area contributed by atoms with E-state index < -0.39 is 12.1 Å². The number of carboxylic acid groups (broad SMARTS) is 1. The topological polar surface area (TPSA) is 102 Å². The fourth-order valence-corrected chi connectivity index (χ4v) is 1.93. The number of rotatable bonds is 1. The Kier molecular flexibility index (Phi) is 3.15. The first kappa shape index (κ1) is 11.9. The van der Waals surface area contributed by atoms with Gasteiger partial charge in [-0.25, -0.2) is 4.79 Å². The molecular formula is C12H11N3O3. The van der Waals surface area contributed by atoms with Crippen molar-refractivity contribution in [1.82, 2.24) is 5.32 Å². The van der Waals surface area contributed by atoms with E-state index in [1.807, 2.05) is 6.07 Å². The van der Waals surface area contributed by atoms with Gasteiger partial charge in [0.25, 0.3) is 0 Å². The fourth-order valence-electron chi connectivity index (χ4n) is 1.93. The minimum atomic E-state index is -1.22. The Morgan fingerprint density at radius 2 is 2.33 bits per heavy atom. The van der Waals surface area contributed by atoms with Crippen LogP contribution in [-0.4, -0.2) is 23.1 Å². The van der Waals surface area contributed by atoms with E-state index in [4.69, 9.17) is 10.4 Å². The summed E-state index contributed by atoms with van der Waals surface area (Å²) in [7, 11) is 0. The second-order valence-corrected chi connectivity index (χ2v) is 4.01. The van der Waals surface area contributed by atoms with Crippen LogP contribution in [0, 0.1) is 11.3 Å². The Balaban J connectivity index is 2.24. The molecule has 0 aliphatic carbocycles. The van der Waals surface area contributed by atoms with Crippen LogP contribution in [0.25, 0.3) is 0 Å². The summed E-state index contributed by atoms with van der Waals surface area (Å²) < 4.78 is 0. The molecular weight excluding hydrogens is 234 g/mol. The van der Waals surface area contributed by atoms with Gasteiger partial charge in [0.15, 0.2) is 0 Å². The summed E-state index contributed by atoms with van der Waals surface area (Å²) in [5.74, 6) is -0.374. The highest BCUT2D eigenvalue weighted by molar-refractivity contribution is 5.97. The highest BCUT2D eigenvalue weighted by Crippen LogP contribution is 2.23. The maximum Gasteiger partial charge on any atom is 0.405 e. The Morgan fingerprint density at radius 3 is 3.00 bits per heavy atom. The molecule has 1 aliphatic rings. The lowest BCUT2D eigenvalue weighted by Gasteiger charge is -2.12. The Labute approximate surface area is 103 Å². The van der Waals surface area contributed by atoms with Gasteiger partial charge in [0.1, 0.15) is 6.04 Å². The third-order valence-corrected chi connectivity index (χ3v) is 2.81. The first-order valence-electron chi connectivity index (χ1n) is 5.43. The lowest BCUT2D eigenvalue weighted by Crippen LogP contribution is -2.42. The fraction of sp³-hybridized carbons (Fsp3) is 0.250. The molecule has 2 rings (SSSR count). The van der Waals surface area contributed by atoms with E-state index in [1.54, 1.807) is 18.2 Å². The van der Waals surface area contributed by atoms with Crippen molar-refractivity contribution in [2.24, 2.45) is 0 Å². The molecule has 1 heterocycles. The molecule has 1 aromatic carbocycles. The van der Waals surface area contributed by atoms with Gasteiger partial charge >= 0.3 is 6.09 Å². The van der Waals surface area contributed by atoms with Crippen molar-refractivity contribution >= 4 is 17.7 Å². The molecule has 0 fully saturated rings. The second kappa shape index (κ2) is 4.75. The number of nitrogens with one attached hydrogen (secondary N) is 2. The van der Waals surface area contributed by atoms with Crippen molar-refractivity contribution < 1.29 is 14.7 Å². The molecule has 0 saturated heterocycles. The summed E-state index contributed by atoms with van der Waals surface area (Å²) in [5.41, 5.74) is 2.00. The SMILES string of the molecule is N#Cc1ccc2c(c1)CCC(NC(=O)O)C(=O)N2. The summed E-state index contributed by atoms with van der Waals surface area (Å²) in [6.45, 7) is 0. The first-order chi connectivity index (χ1) is 8.60. The van der Waals surface area contributed by atoms with Crippen molar-refractivity contribution in [3.8, 4) is 6.07 Å². The van der Waals surface area contributed by atoms with Crippen LogP contribution in [0.15, 0.2) is 18.2 Å². The van der Waals surface area contributed by atoms with Crippen LogP contribution in [0.2, 0.25) is 0 Å². The van der Waals surface area contributed by atoms with E-state index in [1.165, 1.54) is 0 Å². The molecule has 6 heteroatoms. The molecule has 1 aliphatic heterocycles. The Bertz CT molecular complexity index is 548. The van der Waals surface area contributed by atoms with Crippen molar-refractivity contribution in [3.05, 3.63) is 29.3 Å². The highest BCUT2D eigenvalue weighted by Gasteiger charge is 2.24. The predicted octanol–water partition coefficient (Wildman–Crippen LogP) is 1.08. The first-order valence-corrected chi connectivity index (χ1v) is 5.43. The van der Waals surface area contributed by atoms with E-state index in [0.717, 1.165) is 5.56 Å². The van der Waals surface area contributed by atoms with Gasteiger partial charge in [0.2, 0.25) is 5.91 Å². The number of amides is 2. The van der Waals surface area contributed by atoms with Gasteiger partial charge in [-0.05, 0) is 36.6 Å². The van der Waals surface area contributed by atoms with Gasteiger partial charge in [-0.1, -0.05) is 0 Å². The molecule has 0 saturated carbocycles. The van der Waals surface area contributed by atoms with E-state index >= 15 is 0 Å². The monoisotopic (exact) mass is 245 g/mol. The summed E-state index contributed by atoms with van der Waals surface area (Å²) in [4.78, 5) is 22.3. The van der Waals surface area contributed by atoms with Crippen LogP contribution in [0.1, 0.15) is 17.5 Å². The van der Waals surface area contributed by atoms with Crippen LogP contribution < -0.4 is 10.6 Å². The number of nitrogens with zero attached hydrogens (tertiary/aromatic N) is 1. The molecule has 0 bridgehead atoms. The third-order valence-electron chi connectivity index (χ3n) is 2.81. The van der Waals surface area contributed by atoms with Crippen LogP contribution in [0.5, 0.6) is 0 Å². The number of fused-ring (bicyclic) bond motifs is 1. The Hall–Kier alpha value is -2.55. The number of hydrogen-bond donors (Lipinski definition) is 3. The summed E-state index contributed by atoms with van der Waals surface area (Å²) in [6, 6.07) is 6.25. The number of aryl methyl sites for hydroxylation is 1. The number of carbonyl (C=O) groups excluding carboxylic acids is 1. The van der Waals surface area contributed by atoms with Crippen LogP contribution in [0.4, 0.5) is 10.5 Å². The van der Waals surface area contributed by atoms with E-state index in [9.17, 15) is 9.59 Å². The normalized spacial score (nSPS) is 17.9. The number of anilines is 1. The third kappa shape index (κ3) is 2.40. The van der Waals surface area contributed by atoms with Crippen molar-refractivity contribution in [3.63, 3.8) is 0 Å². The molecule has 92 valence electrons. The van der Waals surface area contributed by atoms with Crippen LogP contribution in [0.3, 0.4) is 0 Å². The van der Waals surface area contributed by atoms with Gasteiger partial charge < -0.3 is 15.7 Å². The van der Waals surface area contributed by atoms with Crippen molar-refractivity contribution in [2.75, 3.05) is 5.32 Å². The number of hydrogen-bond acceptors (Lipinski definition) is 3. The maximum atomic E-state index is 11.8. The summed E-state index contributed by atoms with van der Waals surface area (Å²) in [6.07, 6.45) is -0.312. The number of nitriles is 1. The predicted molar refractivity (Wildman–Crippen MR) is 63.1 cm³/mol. The zero-order chi connectivity index (χ0) is 13.1. The van der Waals surface area contributed by atoms with Crippen LogP contribution in [-0.2, 0) is 11.2 Å². The van der Waals surface area contributed by atoms with Gasteiger partial charge in [0.05, 0.1) is 11.6 Å². The quantitative estimate of drug-likeness (QED) is 0.688. The summed E-state index contributed by atoms with van der Waals surface area (Å²) in [5, 5.41) is 22.3. The van der Waals surface area contributed by atoms with E-state index in [2.05, 4.69) is 10.6 Å². The summed E-state index contributed by atoms with van der Waals surface area (Å²) >= 11 is 0. The molecule has 0 radical (unpaired) electrons. The minimum Gasteiger partial charge on any atom is -0.465 e. The molecule has 3 N–H and O–H groups in total. The maximum absolute atomic E-state index is 11.8. The van der Waals surface area contributed by atoms with Gasteiger partial charge in [0, 0.05) is 5.69 Å². The average Bonchev–Trinajstić information content (AvgIpc) is 2.48. The molecule has 1 unspecified atom stereocenters. The molecule has 6 nitrogen and oxygen atoms in total. The van der Waals surface area contributed by atoms with Gasteiger partial charge in [-0.2, -0.15) is 5.26 Å². The highest BCUT2D eigenvalue weighted by atomic mass is 16.4. The van der Waals surface area contributed by atoms with Crippen LogP contribution >= 0.6 is 0 Å². The van der Waals surface area contributed by atoms with E-state index in [-0.39, 0.29) is 5.91 Å². The lowest BCUT2D eigenvalue weighted by atomic mass is 10.0. The van der Waals surface area contributed by atoms with E-state index in [0.29, 0.717) is 24.1 Å². The molecule has 0 aromatic heterocycles. The Morgan fingerprint density at radius 1 is 1.56 bits per heavy atom. The zero-order valence-electron chi connectivity index (χ0n) is 9.43. The standard InChI is InChI=1S/C12H11N3O3/c13-6-7-1-3-9-8(5-7)2-4-10(11(16)14-9)15-12(17)18/h1,3,5,10,15H,2,4H2,(H,14,16)(H,17,18). The molecule has 0 spiro atoms. The molecule has 2 amide bonds. The minimum absolute atomic E-state index is 0.374. The molecule has 18 heavy (non-hydrogen) atoms. The average molecular weight is 245 g/mol. The lowest BCUT2D eigenvalue weighted by molar-refractivity contribution is -0.118. The number of carbonyl (C=O) groups is 2. The van der Waals surface area contributed by atoms with Crippen molar-refractivity contribution in [1.29, 1.82) is 5.26 Å². The largest absolute Gasteiger partial charge is 0.465 e. The smallest absolute Gasteiger partial charge is 0.405 e. The van der Waals surface area contributed by atoms with Gasteiger partial charge in [-0.15, -0.1) is 0 Å². The zero-order valence-corrected chi connectivity index (χ0v) is 9.43. The second-order valence-electron chi connectivity index (χ2n) is 4.01. The van der Waals surface area contributed by atoms with Gasteiger partial charge in [-0.3, -0.25) is 4.79 Å².